The molecule has 0 saturated heterocycles. The smallest absolute Gasteiger partial charge is 0.00843 e. The van der Waals surface area contributed by atoms with Crippen LogP contribution in [-0.2, 0) is 0 Å². The largest absolute Gasteiger partial charge is 0.253 e. The average molecular weight is 133 g/mol. The molecule has 0 fully saturated rings. The molecule has 0 aliphatic heterocycles. The zero-order chi connectivity index (χ0) is 6.41. The predicted molar refractivity (Wildman–Crippen MR) is 41.1 cm³/mol. The Hall–Kier alpha value is 0.310. The van der Waals surface area contributed by atoms with Crippen LogP contribution < -0.4 is 0 Å². The lowest BCUT2D eigenvalue weighted by Gasteiger charge is -2.10. The molecule has 0 amide bonds. The van der Waals surface area contributed by atoms with Gasteiger partial charge in [0.15, 0.2) is 0 Å². The Morgan fingerprint density at radius 2 is 1.50 bits per heavy atom. The summed E-state index contributed by atoms with van der Waals surface area (Å²) < 4.78 is 2.06. The van der Waals surface area contributed by atoms with Gasteiger partial charge in [0.1, 0.15) is 0 Å². The summed E-state index contributed by atoms with van der Waals surface area (Å²) in [4.78, 5) is 0. The van der Waals surface area contributed by atoms with Crippen LogP contribution in [0.4, 0.5) is 0 Å². The van der Waals surface area contributed by atoms with E-state index in [9.17, 15) is 0 Å². The van der Waals surface area contributed by atoms with Gasteiger partial charge < -0.3 is 0 Å². The van der Waals surface area contributed by atoms with Crippen molar-refractivity contribution in [1.82, 2.24) is 4.31 Å². The normalized spacial score (nSPS) is 10.5. The predicted octanol–water partition coefficient (Wildman–Crippen LogP) is 1.95. The third-order valence-electron chi connectivity index (χ3n) is 0.963. The Balaban J connectivity index is 2.92. The summed E-state index contributed by atoms with van der Waals surface area (Å²) in [5.74, 6) is 0. The van der Waals surface area contributed by atoms with Gasteiger partial charge in [0, 0.05) is 13.1 Å². The quantitative estimate of drug-likeness (QED) is 0.574. The average Bonchev–Trinajstić information content (AvgIpc) is 1.68. The van der Waals surface area contributed by atoms with Crippen LogP contribution in [0.5, 0.6) is 0 Å². The van der Waals surface area contributed by atoms with Crippen LogP contribution >= 0.6 is 12.8 Å². The molecule has 0 radical (unpaired) electrons. The minimum atomic E-state index is 1.11. The Morgan fingerprint density at radius 3 is 1.75 bits per heavy atom. The van der Waals surface area contributed by atoms with Crippen molar-refractivity contribution in [1.29, 1.82) is 0 Å². The molecule has 0 rings (SSSR count). The fourth-order valence-electron chi connectivity index (χ4n) is 0.628. The highest BCUT2D eigenvalue weighted by atomic mass is 32.1. The summed E-state index contributed by atoms with van der Waals surface area (Å²) in [6.07, 6.45) is 2.40. The second-order valence-corrected chi connectivity index (χ2v) is 2.52. The van der Waals surface area contributed by atoms with Gasteiger partial charge in [-0.25, -0.2) is 0 Å². The van der Waals surface area contributed by atoms with Gasteiger partial charge in [-0.3, -0.25) is 4.31 Å². The van der Waals surface area contributed by atoms with Crippen LogP contribution in [0.25, 0.3) is 0 Å². The molecule has 0 saturated carbocycles. The monoisotopic (exact) mass is 133 g/mol. The molecule has 2 heteroatoms. The number of rotatable bonds is 4. The van der Waals surface area contributed by atoms with Crippen molar-refractivity contribution in [2.24, 2.45) is 0 Å². The zero-order valence-corrected chi connectivity index (χ0v) is 6.62. The maximum Gasteiger partial charge on any atom is 0.00843 e. The molecular formula is C6H15NS. The Labute approximate surface area is 57.6 Å². The molecule has 50 valence electrons. The van der Waals surface area contributed by atoms with Gasteiger partial charge in [0.2, 0.25) is 0 Å². The molecule has 0 aromatic carbocycles. The highest BCUT2D eigenvalue weighted by Gasteiger charge is 1.91. The third-order valence-corrected chi connectivity index (χ3v) is 1.36. The summed E-state index contributed by atoms with van der Waals surface area (Å²) in [5.41, 5.74) is 0. The molecule has 8 heavy (non-hydrogen) atoms. The van der Waals surface area contributed by atoms with Gasteiger partial charge in [0.05, 0.1) is 0 Å². The van der Waals surface area contributed by atoms with E-state index in [1.807, 2.05) is 0 Å². The van der Waals surface area contributed by atoms with Crippen LogP contribution in [0.3, 0.4) is 0 Å². The lowest BCUT2D eigenvalue weighted by molar-refractivity contribution is 0.473. The number of nitrogens with zero attached hydrogens (tertiary/aromatic N) is 1. The lowest BCUT2D eigenvalue weighted by Crippen LogP contribution is -2.13. The lowest BCUT2D eigenvalue weighted by atomic mass is 10.4. The zero-order valence-electron chi connectivity index (χ0n) is 5.72. The molecule has 0 N–H and O–H groups in total. The highest BCUT2D eigenvalue weighted by Crippen LogP contribution is 1.95. The minimum Gasteiger partial charge on any atom is -0.253 e. The first kappa shape index (κ1) is 8.31. The number of hydrogen-bond acceptors (Lipinski definition) is 2. The van der Waals surface area contributed by atoms with E-state index in [2.05, 4.69) is 31.0 Å². The van der Waals surface area contributed by atoms with Gasteiger partial charge in [-0.05, 0) is 12.8 Å². The van der Waals surface area contributed by atoms with Gasteiger partial charge in [0.25, 0.3) is 0 Å². The molecule has 0 aromatic heterocycles. The molecule has 0 aliphatic rings. The van der Waals surface area contributed by atoms with E-state index in [0.717, 1.165) is 13.1 Å². The maximum atomic E-state index is 4.22. The van der Waals surface area contributed by atoms with Crippen molar-refractivity contribution < 1.29 is 0 Å². The SMILES string of the molecule is CCCN(S)CCC. The first-order valence-corrected chi connectivity index (χ1v) is 3.65. The van der Waals surface area contributed by atoms with Gasteiger partial charge in [-0.2, -0.15) is 0 Å². The molecular weight excluding hydrogens is 118 g/mol. The van der Waals surface area contributed by atoms with Crippen molar-refractivity contribution in [2.75, 3.05) is 13.1 Å². The van der Waals surface area contributed by atoms with Crippen molar-refractivity contribution in [2.45, 2.75) is 26.7 Å². The van der Waals surface area contributed by atoms with Crippen molar-refractivity contribution in [3.63, 3.8) is 0 Å². The molecule has 0 unspecified atom stereocenters. The Morgan fingerprint density at radius 1 is 1.12 bits per heavy atom. The van der Waals surface area contributed by atoms with E-state index in [0.29, 0.717) is 0 Å². The second kappa shape index (κ2) is 5.45. The van der Waals surface area contributed by atoms with Crippen LogP contribution in [0, 0.1) is 0 Å². The molecule has 0 aromatic rings. The summed E-state index contributed by atoms with van der Waals surface area (Å²) in [5, 5.41) is 0. The van der Waals surface area contributed by atoms with Crippen molar-refractivity contribution in [3.8, 4) is 0 Å². The minimum absolute atomic E-state index is 1.11. The first-order chi connectivity index (χ1) is 3.81. The first-order valence-electron chi connectivity index (χ1n) is 3.25. The van der Waals surface area contributed by atoms with Crippen LogP contribution in [0.15, 0.2) is 0 Å². The summed E-state index contributed by atoms with van der Waals surface area (Å²) >= 11 is 4.22. The molecule has 0 atom stereocenters. The summed E-state index contributed by atoms with van der Waals surface area (Å²) in [6.45, 7) is 6.55. The van der Waals surface area contributed by atoms with E-state index < -0.39 is 0 Å². The molecule has 0 bridgehead atoms. The highest BCUT2D eigenvalue weighted by molar-refractivity contribution is 7.77. The van der Waals surface area contributed by atoms with Gasteiger partial charge in [-0.1, -0.05) is 26.7 Å². The van der Waals surface area contributed by atoms with Crippen molar-refractivity contribution in [3.05, 3.63) is 0 Å². The third kappa shape index (κ3) is 4.47. The maximum absolute atomic E-state index is 4.22. The second-order valence-electron chi connectivity index (χ2n) is 1.95. The Bertz CT molecular complexity index is 41.8. The number of hydrogen-bond donors (Lipinski definition) is 1. The molecule has 0 spiro atoms. The summed E-state index contributed by atoms with van der Waals surface area (Å²) in [7, 11) is 0. The van der Waals surface area contributed by atoms with E-state index in [1.54, 1.807) is 0 Å². The van der Waals surface area contributed by atoms with Crippen LogP contribution in [-0.4, -0.2) is 17.4 Å². The van der Waals surface area contributed by atoms with Crippen molar-refractivity contribution >= 4 is 12.8 Å². The van der Waals surface area contributed by atoms with E-state index in [-0.39, 0.29) is 0 Å². The molecule has 1 nitrogen and oxygen atoms in total. The summed E-state index contributed by atoms with van der Waals surface area (Å²) in [6, 6.07) is 0. The van der Waals surface area contributed by atoms with Crippen LogP contribution in [0.1, 0.15) is 26.7 Å². The fourth-order valence-corrected chi connectivity index (χ4v) is 1.03. The molecule has 0 aliphatic carbocycles. The van der Waals surface area contributed by atoms with E-state index in [1.165, 1.54) is 12.8 Å². The standard InChI is InChI=1S/C6H15NS/c1-3-5-7(8)6-4-2/h8H,3-6H2,1-2H3. The van der Waals surface area contributed by atoms with Crippen LogP contribution in [0.2, 0.25) is 0 Å². The molecule has 0 heterocycles. The van der Waals surface area contributed by atoms with E-state index in [4.69, 9.17) is 0 Å². The van der Waals surface area contributed by atoms with Gasteiger partial charge >= 0.3 is 0 Å². The van der Waals surface area contributed by atoms with E-state index >= 15 is 0 Å². The topological polar surface area (TPSA) is 3.24 Å². The fraction of sp³-hybridized carbons (Fsp3) is 1.00. The Kier molecular flexibility index (Phi) is 5.66. The number of thiol groups is 1. The van der Waals surface area contributed by atoms with Gasteiger partial charge in [-0.15, -0.1) is 0 Å².